The Morgan fingerprint density at radius 2 is 2.10 bits per heavy atom. The third-order valence-electron chi connectivity index (χ3n) is 1.15. The van der Waals surface area contributed by atoms with Crippen molar-refractivity contribution in [1.82, 2.24) is 5.06 Å². The topological polar surface area (TPSA) is 12.5 Å². The van der Waals surface area contributed by atoms with Gasteiger partial charge < -0.3 is 0 Å². The van der Waals surface area contributed by atoms with Gasteiger partial charge in [0.15, 0.2) is 0 Å². The molecule has 0 atom stereocenters. The lowest BCUT2D eigenvalue weighted by molar-refractivity contribution is -0.120. The highest BCUT2D eigenvalue weighted by Gasteiger charge is 1.88. The third-order valence-corrected chi connectivity index (χ3v) is 1.15. The first-order chi connectivity index (χ1) is 4.77. The van der Waals surface area contributed by atoms with E-state index >= 15 is 0 Å². The molecule has 10 heavy (non-hydrogen) atoms. The van der Waals surface area contributed by atoms with Crippen LogP contribution in [0.2, 0.25) is 0 Å². The van der Waals surface area contributed by atoms with Crippen molar-refractivity contribution in [2.75, 3.05) is 20.7 Å². The highest BCUT2D eigenvalue weighted by molar-refractivity contribution is 4.64. The van der Waals surface area contributed by atoms with Crippen molar-refractivity contribution in [3.8, 4) is 0 Å². The quantitative estimate of drug-likeness (QED) is 0.319. The van der Waals surface area contributed by atoms with Gasteiger partial charge in [0.1, 0.15) is 0 Å². The molecule has 0 bridgehead atoms. The maximum atomic E-state index is 5.19. The second-order valence-electron chi connectivity index (χ2n) is 2.43. The van der Waals surface area contributed by atoms with E-state index in [4.69, 9.17) is 4.84 Å². The molecule has 0 unspecified atom stereocenters. The minimum absolute atomic E-state index is 0.820. The van der Waals surface area contributed by atoms with Gasteiger partial charge in [-0.1, -0.05) is 6.08 Å². The maximum absolute atomic E-state index is 5.19. The van der Waals surface area contributed by atoms with Gasteiger partial charge >= 0.3 is 0 Å². The molecule has 0 spiro atoms. The van der Waals surface area contributed by atoms with Gasteiger partial charge in [-0.25, -0.2) is 0 Å². The zero-order valence-electron chi connectivity index (χ0n) is 6.97. The molecule has 0 aromatic heterocycles. The number of allylic oxidation sites excluding steroid dienone is 1. The Hall–Kier alpha value is -0.340. The molecule has 2 heteroatoms. The van der Waals surface area contributed by atoms with E-state index in [1.54, 1.807) is 5.06 Å². The summed E-state index contributed by atoms with van der Waals surface area (Å²) in [6.07, 6.45) is 5.33. The van der Waals surface area contributed by atoms with Crippen LogP contribution in [0.4, 0.5) is 0 Å². The van der Waals surface area contributed by atoms with Crippen LogP contribution in [0.25, 0.3) is 0 Å². The second-order valence-corrected chi connectivity index (χ2v) is 2.43. The van der Waals surface area contributed by atoms with E-state index in [0.717, 1.165) is 19.4 Å². The Labute approximate surface area is 63.4 Å². The van der Waals surface area contributed by atoms with Crippen LogP contribution in [0.15, 0.2) is 12.7 Å². The highest BCUT2D eigenvalue weighted by atomic mass is 16.7. The summed E-state index contributed by atoms with van der Waals surface area (Å²) in [6, 6.07) is 0. The Bertz CT molecular complexity index is 81.3. The van der Waals surface area contributed by atoms with Gasteiger partial charge in [-0.2, -0.15) is 5.06 Å². The molecular weight excluding hydrogens is 126 g/mol. The molecule has 60 valence electrons. The number of hydroxylamine groups is 2. The smallest absolute Gasteiger partial charge is 0.0684 e. The molecule has 0 heterocycles. The van der Waals surface area contributed by atoms with E-state index in [-0.39, 0.29) is 0 Å². The fourth-order valence-electron chi connectivity index (χ4n) is 0.638. The summed E-state index contributed by atoms with van der Waals surface area (Å²) in [4.78, 5) is 5.19. The molecule has 0 aliphatic carbocycles. The number of unbranched alkanes of at least 4 members (excludes halogenated alkanes) is 2. The number of rotatable bonds is 6. The van der Waals surface area contributed by atoms with E-state index in [1.807, 2.05) is 20.2 Å². The van der Waals surface area contributed by atoms with Crippen molar-refractivity contribution >= 4 is 0 Å². The fourth-order valence-corrected chi connectivity index (χ4v) is 0.638. The van der Waals surface area contributed by atoms with Crippen molar-refractivity contribution < 1.29 is 4.84 Å². The average Bonchev–Trinajstić information content (AvgIpc) is 1.87. The first-order valence-electron chi connectivity index (χ1n) is 3.68. The van der Waals surface area contributed by atoms with E-state index < -0.39 is 0 Å². The molecule has 0 aliphatic rings. The number of nitrogens with zero attached hydrogens (tertiary/aromatic N) is 1. The van der Waals surface area contributed by atoms with Crippen LogP contribution < -0.4 is 0 Å². The van der Waals surface area contributed by atoms with Crippen LogP contribution in [0.5, 0.6) is 0 Å². The number of hydrogen-bond acceptors (Lipinski definition) is 2. The van der Waals surface area contributed by atoms with Gasteiger partial charge in [0.25, 0.3) is 0 Å². The summed E-state index contributed by atoms with van der Waals surface area (Å²) in [5.41, 5.74) is 0. The van der Waals surface area contributed by atoms with Crippen molar-refractivity contribution in [2.24, 2.45) is 0 Å². The summed E-state index contributed by atoms with van der Waals surface area (Å²) >= 11 is 0. The maximum Gasteiger partial charge on any atom is 0.0684 e. The summed E-state index contributed by atoms with van der Waals surface area (Å²) in [5.74, 6) is 0. The molecule has 0 amide bonds. The largest absolute Gasteiger partial charge is 0.300 e. The minimum Gasteiger partial charge on any atom is -0.300 e. The molecule has 0 N–H and O–H groups in total. The molecule has 0 aliphatic heterocycles. The van der Waals surface area contributed by atoms with Crippen LogP contribution in [0, 0.1) is 0 Å². The lowest BCUT2D eigenvalue weighted by atomic mass is 10.2. The van der Waals surface area contributed by atoms with Crippen LogP contribution in [-0.2, 0) is 4.84 Å². The van der Waals surface area contributed by atoms with Crippen LogP contribution in [0.3, 0.4) is 0 Å². The Balaban J connectivity index is 2.83. The summed E-state index contributed by atoms with van der Waals surface area (Å²) in [6.45, 7) is 4.46. The Kier molecular flexibility index (Phi) is 6.55. The van der Waals surface area contributed by atoms with Gasteiger partial charge in [0, 0.05) is 14.1 Å². The van der Waals surface area contributed by atoms with Crippen molar-refractivity contribution in [1.29, 1.82) is 0 Å². The SMILES string of the molecule is C=CCCCCON(C)C. The van der Waals surface area contributed by atoms with E-state index in [9.17, 15) is 0 Å². The van der Waals surface area contributed by atoms with Gasteiger partial charge in [0.05, 0.1) is 6.61 Å². The predicted molar refractivity (Wildman–Crippen MR) is 43.7 cm³/mol. The van der Waals surface area contributed by atoms with Gasteiger partial charge in [-0.15, -0.1) is 6.58 Å². The summed E-state index contributed by atoms with van der Waals surface area (Å²) in [7, 11) is 3.79. The second kappa shape index (κ2) is 6.78. The predicted octanol–water partition coefficient (Wildman–Crippen LogP) is 1.84. The zero-order valence-corrected chi connectivity index (χ0v) is 6.97. The van der Waals surface area contributed by atoms with E-state index in [0.29, 0.717) is 0 Å². The lowest BCUT2D eigenvalue weighted by Gasteiger charge is -2.08. The molecule has 0 fully saturated rings. The molecule has 2 nitrogen and oxygen atoms in total. The van der Waals surface area contributed by atoms with Crippen LogP contribution in [-0.4, -0.2) is 25.8 Å². The molecule has 0 radical (unpaired) electrons. The molecule has 0 aromatic carbocycles. The van der Waals surface area contributed by atoms with Crippen LogP contribution in [0.1, 0.15) is 19.3 Å². The van der Waals surface area contributed by atoms with Gasteiger partial charge in [0.2, 0.25) is 0 Å². The standard InChI is InChI=1S/C8H17NO/c1-4-5-6-7-8-10-9(2)3/h4H,1,5-8H2,2-3H3. The minimum atomic E-state index is 0.820. The Morgan fingerprint density at radius 1 is 1.40 bits per heavy atom. The first-order valence-corrected chi connectivity index (χ1v) is 3.68. The fraction of sp³-hybridized carbons (Fsp3) is 0.750. The monoisotopic (exact) mass is 143 g/mol. The third kappa shape index (κ3) is 7.66. The van der Waals surface area contributed by atoms with Crippen LogP contribution >= 0.6 is 0 Å². The summed E-state index contributed by atoms with van der Waals surface area (Å²) < 4.78 is 0. The highest BCUT2D eigenvalue weighted by Crippen LogP contribution is 1.95. The Morgan fingerprint density at radius 3 is 2.60 bits per heavy atom. The van der Waals surface area contributed by atoms with Crippen molar-refractivity contribution in [3.63, 3.8) is 0 Å². The van der Waals surface area contributed by atoms with Gasteiger partial charge in [-0.3, -0.25) is 4.84 Å². The molecule has 0 saturated heterocycles. The molecule has 0 aromatic rings. The number of hydrogen-bond donors (Lipinski definition) is 0. The first kappa shape index (κ1) is 9.66. The molecule has 0 saturated carbocycles. The van der Waals surface area contributed by atoms with Gasteiger partial charge in [-0.05, 0) is 19.3 Å². The normalized spacial score (nSPS) is 10.3. The van der Waals surface area contributed by atoms with Crippen molar-refractivity contribution in [3.05, 3.63) is 12.7 Å². The van der Waals surface area contributed by atoms with E-state index in [1.165, 1.54) is 6.42 Å². The average molecular weight is 143 g/mol. The van der Waals surface area contributed by atoms with E-state index in [2.05, 4.69) is 6.58 Å². The zero-order chi connectivity index (χ0) is 7.82. The lowest BCUT2D eigenvalue weighted by Crippen LogP contribution is -2.12. The molecular formula is C8H17NO. The molecule has 0 rings (SSSR count). The summed E-state index contributed by atoms with van der Waals surface area (Å²) in [5, 5.41) is 1.73. The van der Waals surface area contributed by atoms with Crippen molar-refractivity contribution in [2.45, 2.75) is 19.3 Å².